The number of carbonyl (C=O) groups excluding carboxylic acids is 1. The van der Waals surface area contributed by atoms with Crippen molar-refractivity contribution in [1.29, 1.82) is 0 Å². The highest BCUT2D eigenvalue weighted by Crippen LogP contribution is 2.11. The van der Waals surface area contributed by atoms with Crippen molar-refractivity contribution in [2.24, 2.45) is 0 Å². The minimum absolute atomic E-state index is 0.0355. The molecule has 20 heavy (non-hydrogen) atoms. The summed E-state index contributed by atoms with van der Waals surface area (Å²) in [5.74, 6) is -1.07. The first-order valence-electron chi connectivity index (χ1n) is 5.95. The first kappa shape index (κ1) is 13.7. The number of hydrogen-bond acceptors (Lipinski definition) is 5. The number of nitrogens with zero attached hydrogens (tertiary/aromatic N) is 4. The normalized spacial score (nSPS) is 10.2. The number of hydrogen-bond donors (Lipinski definition) is 2. The van der Waals surface area contributed by atoms with Crippen molar-refractivity contribution >= 4 is 17.6 Å². The summed E-state index contributed by atoms with van der Waals surface area (Å²) in [5.41, 5.74) is 1.55. The molecular weight excluding hydrogens is 262 g/mol. The van der Waals surface area contributed by atoms with E-state index in [9.17, 15) is 9.59 Å². The second-order valence-electron chi connectivity index (χ2n) is 4.15. The van der Waals surface area contributed by atoms with Gasteiger partial charge in [0.25, 0.3) is 0 Å². The molecule has 1 aromatic carbocycles. The van der Waals surface area contributed by atoms with Gasteiger partial charge in [-0.15, -0.1) is 5.10 Å². The van der Waals surface area contributed by atoms with Crippen LogP contribution in [0.1, 0.15) is 12.0 Å². The van der Waals surface area contributed by atoms with Crippen LogP contribution in [0.5, 0.6) is 0 Å². The van der Waals surface area contributed by atoms with Gasteiger partial charge >= 0.3 is 5.97 Å². The lowest BCUT2D eigenvalue weighted by molar-refractivity contribution is -0.137. The SMILES string of the molecule is O=C(O)CCc1ccc(NC(=O)Cn2cnnn2)cc1. The van der Waals surface area contributed by atoms with Gasteiger partial charge in [0.2, 0.25) is 5.91 Å². The van der Waals surface area contributed by atoms with Gasteiger partial charge in [-0.25, -0.2) is 4.68 Å². The van der Waals surface area contributed by atoms with Crippen LogP contribution in [0.25, 0.3) is 0 Å². The Labute approximate surface area is 114 Å². The van der Waals surface area contributed by atoms with Gasteiger partial charge in [-0.3, -0.25) is 9.59 Å². The number of anilines is 1. The van der Waals surface area contributed by atoms with Crippen LogP contribution in [-0.2, 0) is 22.6 Å². The Kier molecular flexibility index (Phi) is 4.38. The van der Waals surface area contributed by atoms with Crippen LogP contribution in [0, 0.1) is 0 Å². The van der Waals surface area contributed by atoms with Gasteiger partial charge in [0.15, 0.2) is 0 Å². The van der Waals surface area contributed by atoms with Crippen molar-refractivity contribution in [3.05, 3.63) is 36.2 Å². The van der Waals surface area contributed by atoms with E-state index in [0.717, 1.165) is 5.56 Å². The molecule has 1 heterocycles. The van der Waals surface area contributed by atoms with Gasteiger partial charge in [-0.05, 0) is 34.5 Å². The average Bonchev–Trinajstić information content (AvgIpc) is 2.90. The van der Waals surface area contributed by atoms with Gasteiger partial charge in [-0.1, -0.05) is 12.1 Å². The minimum Gasteiger partial charge on any atom is -0.481 e. The van der Waals surface area contributed by atoms with Crippen molar-refractivity contribution in [2.75, 3.05) is 5.32 Å². The number of carboxylic acid groups (broad SMARTS) is 1. The molecular formula is C12H13N5O3. The number of tetrazole rings is 1. The van der Waals surface area contributed by atoms with E-state index in [1.165, 1.54) is 11.0 Å². The molecule has 1 aromatic heterocycles. The number of carboxylic acids is 1. The molecule has 0 radical (unpaired) electrons. The summed E-state index contributed by atoms with van der Waals surface area (Å²) in [6.07, 6.45) is 1.91. The zero-order valence-corrected chi connectivity index (χ0v) is 10.6. The number of benzene rings is 1. The van der Waals surface area contributed by atoms with E-state index in [2.05, 4.69) is 20.8 Å². The van der Waals surface area contributed by atoms with Crippen LogP contribution >= 0.6 is 0 Å². The molecule has 8 heteroatoms. The van der Waals surface area contributed by atoms with E-state index in [1.54, 1.807) is 24.3 Å². The quantitative estimate of drug-likeness (QED) is 0.786. The maximum atomic E-state index is 11.7. The molecule has 0 fully saturated rings. The van der Waals surface area contributed by atoms with Crippen molar-refractivity contribution in [3.8, 4) is 0 Å². The maximum absolute atomic E-state index is 11.7. The molecule has 0 saturated heterocycles. The Morgan fingerprint density at radius 1 is 1.25 bits per heavy atom. The predicted octanol–water partition coefficient (Wildman–Crippen LogP) is 0.329. The molecule has 0 aliphatic heterocycles. The van der Waals surface area contributed by atoms with Crippen molar-refractivity contribution < 1.29 is 14.7 Å². The molecule has 0 unspecified atom stereocenters. The molecule has 104 valence electrons. The fraction of sp³-hybridized carbons (Fsp3) is 0.250. The summed E-state index contributed by atoms with van der Waals surface area (Å²) in [6.45, 7) is 0.0355. The Hall–Kier alpha value is -2.77. The largest absolute Gasteiger partial charge is 0.481 e. The number of amides is 1. The highest BCUT2D eigenvalue weighted by molar-refractivity contribution is 5.90. The second kappa shape index (κ2) is 6.41. The number of carbonyl (C=O) groups is 2. The predicted molar refractivity (Wildman–Crippen MR) is 68.8 cm³/mol. The topological polar surface area (TPSA) is 110 Å². The summed E-state index contributed by atoms with van der Waals surface area (Å²) in [6, 6.07) is 7.04. The lowest BCUT2D eigenvalue weighted by Gasteiger charge is -2.06. The molecule has 2 rings (SSSR count). The number of rotatable bonds is 6. The number of nitrogens with one attached hydrogen (secondary N) is 1. The summed E-state index contributed by atoms with van der Waals surface area (Å²) < 4.78 is 1.32. The van der Waals surface area contributed by atoms with Gasteiger partial charge in [0, 0.05) is 12.1 Å². The van der Waals surface area contributed by atoms with E-state index in [4.69, 9.17) is 5.11 Å². The van der Waals surface area contributed by atoms with Crippen LogP contribution in [0.2, 0.25) is 0 Å². The van der Waals surface area contributed by atoms with Crippen LogP contribution in [0.15, 0.2) is 30.6 Å². The molecule has 0 aliphatic rings. The van der Waals surface area contributed by atoms with Crippen molar-refractivity contribution in [2.45, 2.75) is 19.4 Å². The molecule has 2 N–H and O–H groups in total. The Morgan fingerprint density at radius 2 is 2.00 bits per heavy atom. The molecule has 0 atom stereocenters. The third-order valence-electron chi connectivity index (χ3n) is 2.56. The van der Waals surface area contributed by atoms with E-state index < -0.39 is 5.97 Å². The van der Waals surface area contributed by atoms with Crippen LogP contribution < -0.4 is 5.32 Å². The first-order chi connectivity index (χ1) is 9.63. The Morgan fingerprint density at radius 3 is 2.60 bits per heavy atom. The molecule has 0 saturated carbocycles. The lowest BCUT2D eigenvalue weighted by Crippen LogP contribution is -2.19. The zero-order valence-electron chi connectivity index (χ0n) is 10.6. The van der Waals surface area contributed by atoms with Crippen LogP contribution in [0.3, 0.4) is 0 Å². The Bertz CT molecular complexity index is 580. The van der Waals surface area contributed by atoms with Gasteiger partial charge in [0.05, 0.1) is 0 Å². The smallest absolute Gasteiger partial charge is 0.303 e. The van der Waals surface area contributed by atoms with Gasteiger partial charge in [-0.2, -0.15) is 0 Å². The molecule has 1 amide bonds. The molecule has 0 bridgehead atoms. The van der Waals surface area contributed by atoms with Crippen molar-refractivity contribution in [3.63, 3.8) is 0 Å². The summed E-state index contributed by atoms with van der Waals surface area (Å²) >= 11 is 0. The molecule has 2 aromatic rings. The number of aromatic nitrogens is 4. The third kappa shape index (κ3) is 4.16. The number of aliphatic carboxylic acids is 1. The van der Waals surface area contributed by atoms with E-state index in [0.29, 0.717) is 12.1 Å². The summed E-state index contributed by atoms with van der Waals surface area (Å²) in [5, 5.41) is 21.8. The van der Waals surface area contributed by atoms with Gasteiger partial charge in [0.1, 0.15) is 12.9 Å². The molecule has 0 aliphatic carbocycles. The lowest BCUT2D eigenvalue weighted by atomic mass is 10.1. The van der Waals surface area contributed by atoms with Crippen LogP contribution in [-0.4, -0.2) is 37.2 Å². The minimum atomic E-state index is -0.830. The zero-order chi connectivity index (χ0) is 14.4. The second-order valence-corrected chi connectivity index (χ2v) is 4.15. The monoisotopic (exact) mass is 275 g/mol. The van der Waals surface area contributed by atoms with E-state index >= 15 is 0 Å². The third-order valence-corrected chi connectivity index (χ3v) is 2.56. The highest BCUT2D eigenvalue weighted by atomic mass is 16.4. The van der Waals surface area contributed by atoms with E-state index in [-0.39, 0.29) is 18.9 Å². The summed E-state index contributed by atoms with van der Waals surface area (Å²) in [7, 11) is 0. The maximum Gasteiger partial charge on any atom is 0.303 e. The van der Waals surface area contributed by atoms with E-state index in [1.807, 2.05) is 0 Å². The highest BCUT2D eigenvalue weighted by Gasteiger charge is 2.05. The molecule has 8 nitrogen and oxygen atoms in total. The first-order valence-corrected chi connectivity index (χ1v) is 5.95. The van der Waals surface area contributed by atoms with Crippen molar-refractivity contribution in [1.82, 2.24) is 20.2 Å². The molecule has 0 spiro atoms. The number of aryl methyl sites for hydroxylation is 1. The van der Waals surface area contributed by atoms with Crippen LogP contribution in [0.4, 0.5) is 5.69 Å². The van der Waals surface area contributed by atoms with Gasteiger partial charge < -0.3 is 10.4 Å². The standard InChI is InChI=1S/C12H13N5O3/c18-11(7-17-8-13-15-16-17)14-10-4-1-9(2-5-10)3-6-12(19)20/h1-2,4-5,8H,3,6-7H2,(H,14,18)(H,19,20). The fourth-order valence-corrected chi connectivity index (χ4v) is 1.61. The fourth-order valence-electron chi connectivity index (χ4n) is 1.61. The average molecular weight is 275 g/mol. The summed E-state index contributed by atoms with van der Waals surface area (Å²) in [4.78, 5) is 22.1. The Balaban J connectivity index is 1.86.